The average molecular weight is 393 g/mol. The lowest BCUT2D eigenvalue weighted by molar-refractivity contribution is -0.123. The summed E-state index contributed by atoms with van der Waals surface area (Å²) in [6.45, 7) is 0. The Hall–Kier alpha value is -2.96. The van der Waals surface area contributed by atoms with E-state index < -0.39 is 0 Å². The summed E-state index contributed by atoms with van der Waals surface area (Å²) in [7, 11) is 3.91. The molecule has 2 aliphatic carbocycles. The quantitative estimate of drug-likeness (QED) is 0.812. The van der Waals surface area contributed by atoms with Crippen molar-refractivity contribution in [1.82, 2.24) is 15.3 Å². The molecule has 1 unspecified atom stereocenters. The van der Waals surface area contributed by atoms with Crippen LogP contribution in [0.1, 0.15) is 53.9 Å². The van der Waals surface area contributed by atoms with Crippen LogP contribution in [0.15, 0.2) is 36.5 Å². The molecule has 1 saturated carbocycles. The van der Waals surface area contributed by atoms with Crippen LogP contribution < -0.4 is 15.5 Å². The molecule has 29 heavy (non-hydrogen) atoms. The lowest BCUT2D eigenvalue weighted by atomic mass is 9.90. The van der Waals surface area contributed by atoms with E-state index in [0.29, 0.717) is 17.6 Å². The zero-order chi connectivity index (χ0) is 20.4. The van der Waals surface area contributed by atoms with Crippen LogP contribution in [0, 0.1) is 0 Å². The number of nitrogens with one attached hydrogen (secondary N) is 2. The van der Waals surface area contributed by atoms with Crippen molar-refractivity contribution in [3.05, 3.63) is 47.7 Å². The predicted octanol–water partition coefficient (Wildman–Crippen LogP) is 2.75. The Balaban J connectivity index is 1.30. The van der Waals surface area contributed by atoms with Crippen molar-refractivity contribution in [2.75, 3.05) is 24.3 Å². The molecule has 0 bridgehead atoms. The van der Waals surface area contributed by atoms with Crippen LogP contribution in [-0.2, 0) is 4.79 Å². The number of nitrogens with zero attached hydrogens (tertiary/aromatic N) is 3. The number of ketones is 1. The summed E-state index contributed by atoms with van der Waals surface area (Å²) in [5.74, 6) is 1.20. The number of aromatic nitrogens is 2. The van der Waals surface area contributed by atoms with E-state index in [2.05, 4.69) is 20.6 Å². The van der Waals surface area contributed by atoms with Crippen LogP contribution in [0.3, 0.4) is 0 Å². The number of benzene rings is 1. The molecular weight excluding hydrogens is 366 g/mol. The van der Waals surface area contributed by atoms with Gasteiger partial charge in [0.15, 0.2) is 5.78 Å². The molecule has 2 N–H and O–H groups in total. The van der Waals surface area contributed by atoms with Gasteiger partial charge in [-0.05, 0) is 37.3 Å². The topological polar surface area (TPSA) is 87.2 Å². The largest absolute Gasteiger partial charge is 0.363 e. The number of hydrogen-bond donors (Lipinski definition) is 2. The minimum atomic E-state index is -0.350. The zero-order valence-electron chi connectivity index (χ0n) is 16.9. The maximum Gasteiger partial charge on any atom is 0.228 e. The molecule has 1 aromatic heterocycles. The fourth-order valence-electron chi connectivity index (χ4n) is 4.23. The summed E-state index contributed by atoms with van der Waals surface area (Å²) in [6.07, 6.45) is 5.73. The van der Waals surface area contributed by atoms with Crippen molar-refractivity contribution in [2.24, 2.45) is 0 Å². The van der Waals surface area contributed by atoms with Gasteiger partial charge in [-0.15, -0.1) is 0 Å². The second-order valence-electron chi connectivity index (χ2n) is 8.10. The van der Waals surface area contributed by atoms with E-state index in [1.165, 1.54) is 0 Å². The molecule has 2 aromatic rings. The molecule has 0 radical (unpaired) electrons. The van der Waals surface area contributed by atoms with Gasteiger partial charge in [0.25, 0.3) is 0 Å². The fraction of sp³-hybridized carbons (Fsp3) is 0.455. The first-order valence-electron chi connectivity index (χ1n) is 10.2. The summed E-state index contributed by atoms with van der Waals surface area (Å²) in [4.78, 5) is 35.7. The smallest absolute Gasteiger partial charge is 0.228 e. The van der Waals surface area contributed by atoms with E-state index in [0.717, 1.165) is 37.1 Å². The highest BCUT2D eigenvalue weighted by Crippen LogP contribution is 2.33. The van der Waals surface area contributed by atoms with Gasteiger partial charge in [-0.1, -0.05) is 24.3 Å². The van der Waals surface area contributed by atoms with Crippen molar-refractivity contribution >= 4 is 23.5 Å². The van der Waals surface area contributed by atoms with Gasteiger partial charge in [0.1, 0.15) is 5.82 Å². The molecular formula is C22H27N5O2. The van der Waals surface area contributed by atoms with E-state index in [1.807, 2.05) is 49.3 Å². The monoisotopic (exact) mass is 393 g/mol. The lowest BCUT2D eigenvalue weighted by Crippen LogP contribution is -2.42. The minimum Gasteiger partial charge on any atom is -0.363 e. The van der Waals surface area contributed by atoms with E-state index in [9.17, 15) is 9.59 Å². The third kappa shape index (κ3) is 4.23. The van der Waals surface area contributed by atoms with Gasteiger partial charge >= 0.3 is 0 Å². The number of amides is 1. The van der Waals surface area contributed by atoms with Gasteiger partial charge in [0, 0.05) is 44.4 Å². The second kappa shape index (κ2) is 8.19. The number of Topliss-reactive ketones (excluding diaryl/α,β-unsaturated/α-hetero) is 1. The first-order valence-corrected chi connectivity index (χ1v) is 10.2. The van der Waals surface area contributed by atoms with Crippen LogP contribution in [0.5, 0.6) is 0 Å². The molecule has 0 spiro atoms. The Morgan fingerprint density at radius 3 is 2.55 bits per heavy atom. The van der Waals surface area contributed by atoms with E-state index in [1.54, 1.807) is 6.20 Å². The van der Waals surface area contributed by atoms with Crippen LogP contribution >= 0.6 is 0 Å². The van der Waals surface area contributed by atoms with Crippen LogP contribution in [0.2, 0.25) is 0 Å². The Morgan fingerprint density at radius 1 is 1.07 bits per heavy atom. The van der Waals surface area contributed by atoms with Gasteiger partial charge in [-0.2, -0.15) is 4.98 Å². The SMILES string of the molecule is CN(C)c1ccnc(N[C@H]2CC[C@@H](NC(=O)C3CC(=O)c4ccccc43)CC2)n1. The van der Waals surface area contributed by atoms with Crippen molar-refractivity contribution in [3.8, 4) is 0 Å². The number of hydrogen-bond acceptors (Lipinski definition) is 6. The minimum absolute atomic E-state index is 0.0262. The predicted molar refractivity (Wildman–Crippen MR) is 112 cm³/mol. The summed E-state index contributed by atoms with van der Waals surface area (Å²) >= 11 is 0. The summed E-state index contributed by atoms with van der Waals surface area (Å²) in [6, 6.07) is 9.78. The lowest BCUT2D eigenvalue weighted by Gasteiger charge is -2.30. The molecule has 1 aromatic carbocycles. The Kier molecular flexibility index (Phi) is 5.47. The van der Waals surface area contributed by atoms with Crippen molar-refractivity contribution in [1.29, 1.82) is 0 Å². The fourth-order valence-corrected chi connectivity index (χ4v) is 4.23. The van der Waals surface area contributed by atoms with Gasteiger partial charge in [-0.3, -0.25) is 9.59 Å². The summed E-state index contributed by atoms with van der Waals surface area (Å²) < 4.78 is 0. The number of carbonyl (C=O) groups excluding carboxylic acids is 2. The van der Waals surface area contributed by atoms with Crippen molar-refractivity contribution in [2.45, 2.75) is 50.1 Å². The van der Waals surface area contributed by atoms with E-state index in [4.69, 9.17) is 0 Å². The first-order chi connectivity index (χ1) is 14.0. The number of anilines is 2. The summed E-state index contributed by atoms with van der Waals surface area (Å²) in [5.41, 5.74) is 1.56. The molecule has 4 rings (SSSR count). The number of rotatable bonds is 5. The molecule has 152 valence electrons. The second-order valence-corrected chi connectivity index (χ2v) is 8.10. The van der Waals surface area contributed by atoms with E-state index >= 15 is 0 Å². The molecule has 1 atom stereocenters. The van der Waals surface area contributed by atoms with Gasteiger partial charge in [-0.25, -0.2) is 4.98 Å². The molecule has 0 aliphatic heterocycles. The Bertz CT molecular complexity index is 906. The highest BCUT2D eigenvalue weighted by molar-refractivity contribution is 6.06. The third-order valence-corrected chi connectivity index (χ3v) is 5.85. The molecule has 0 saturated heterocycles. The van der Waals surface area contributed by atoms with Crippen LogP contribution in [0.4, 0.5) is 11.8 Å². The molecule has 7 nitrogen and oxygen atoms in total. The molecule has 1 fully saturated rings. The Morgan fingerprint density at radius 2 is 1.79 bits per heavy atom. The number of fused-ring (bicyclic) bond motifs is 1. The number of carbonyl (C=O) groups is 2. The van der Waals surface area contributed by atoms with Gasteiger partial charge in [0.05, 0.1) is 5.92 Å². The van der Waals surface area contributed by atoms with Gasteiger partial charge in [0.2, 0.25) is 11.9 Å². The summed E-state index contributed by atoms with van der Waals surface area (Å²) in [5, 5.41) is 6.59. The molecule has 2 aliphatic rings. The Labute approximate surface area is 170 Å². The van der Waals surface area contributed by atoms with E-state index in [-0.39, 0.29) is 30.1 Å². The molecule has 1 heterocycles. The standard InChI is InChI=1S/C22H27N5O2/c1-27(2)20-11-12-23-22(26-20)25-15-9-7-14(8-10-15)24-21(29)18-13-19(28)17-6-4-3-5-16(17)18/h3-6,11-12,14-15,18H,7-10,13H2,1-2H3,(H,24,29)(H,23,25,26)/t14-,15+,18?. The zero-order valence-corrected chi connectivity index (χ0v) is 16.9. The highest BCUT2D eigenvalue weighted by Gasteiger charge is 2.35. The molecule has 1 amide bonds. The third-order valence-electron chi connectivity index (χ3n) is 5.85. The van der Waals surface area contributed by atoms with Crippen molar-refractivity contribution < 1.29 is 9.59 Å². The first kappa shape index (κ1) is 19.4. The normalized spacial score (nSPS) is 23.4. The van der Waals surface area contributed by atoms with Crippen LogP contribution in [-0.4, -0.2) is 47.8 Å². The maximum absolute atomic E-state index is 12.8. The van der Waals surface area contributed by atoms with Crippen LogP contribution in [0.25, 0.3) is 0 Å². The molecule has 7 heteroatoms. The maximum atomic E-state index is 12.8. The van der Waals surface area contributed by atoms with Gasteiger partial charge < -0.3 is 15.5 Å². The average Bonchev–Trinajstić information content (AvgIpc) is 3.07. The van der Waals surface area contributed by atoms with Crippen molar-refractivity contribution in [3.63, 3.8) is 0 Å². The highest BCUT2D eigenvalue weighted by atomic mass is 16.2.